The lowest BCUT2D eigenvalue weighted by atomic mass is 10.0. The van der Waals surface area contributed by atoms with Crippen LogP contribution < -0.4 is 10.1 Å². The molecule has 2 aromatic carbocycles. The van der Waals surface area contributed by atoms with Gasteiger partial charge in [0.15, 0.2) is 0 Å². The highest BCUT2D eigenvalue weighted by atomic mass is 32.1. The van der Waals surface area contributed by atoms with E-state index in [0.29, 0.717) is 11.3 Å². The summed E-state index contributed by atoms with van der Waals surface area (Å²) in [6.07, 6.45) is 3.65. The Balaban J connectivity index is 1.62. The summed E-state index contributed by atoms with van der Waals surface area (Å²) in [7, 11) is 0. The maximum absolute atomic E-state index is 10.9. The zero-order valence-corrected chi connectivity index (χ0v) is 18.2. The van der Waals surface area contributed by atoms with E-state index in [0.717, 1.165) is 39.4 Å². The van der Waals surface area contributed by atoms with Crippen LogP contribution >= 0.6 is 11.3 Å². The number of nitrogens with zero attached hydrogens (tertiary/aromatic N) is 2. The monoisotopic (exact) mass is 433 g/mol. The van der Waals surface area contributed by atoms with E-state index in [2.05, 4.69) is 28.5 Å². The van der Waals surface area contributed by atoms with Crippen LogP contribution in [0.4, 0.5) is 0 Å². The van der Waals surface area contributed by atoms with Crippen molar-refractivity contribution in [2.75, 3.05) is 6.54 Å². The number of aromatic nitrogens is 1. The largest absolute Gasteiger partial charge is 0.490 e. The van der Waals surface area contributed by atoms with Crippen molar-refractivity contribution in [1.29, 1.82) is 5.26 Å². The fraction of sp³-hybridized carbons (Fsp3) is 0.292. The third-order valence-corrected chi connectivity index (χ3v) is 6.33. The number of carboxylic acids is 1. The number of nitrogens with one attached hydrogen (secondary N) is 1. The fourth-order valence-electron chi connectivity index (χ4n) is 3.95. The van der Waals surface area contributed by atoms with Gasteiger partial charge in [-0.05, 0) is 61.6 Å². The molecule has 1 aliphatic rings. The summed E-state index contributed by atoms with van der Waals surface area (Å²) in [5.74, 6) is -0.267. The van der Waals surface area contributed by atoms with Crippen LogP contribution in [0.5, 0.6) is 5.75 Å². The molecule has 1 heterocycles. The number of hydrogen-bond donors (Lipinski definition) is 2. The smallest absolute Gasteiger partial charge is 0.317 e. The van der Waals surface area contributed by atoms with Gasteiger partial charge in [-0.15, -0.1) is 11.3 Å². The van der Waals surface area contributed by atoms with Gasteiger partial charge in [0, 0.05) is 17.8 Å². The summed E-state index contributed by atoms with van der Waals surface area (Å²) in [5.41, 5.74) is 4.93. The van der Waals surface area contributed by atoms with E-state index in [1.54, 1.807) is 11.3 Å². The first kappa shape index (κ1) is 21.0. The van der Waals surface area contributed by atoms with Gasteiger partial charge in [-0.25, -0.2) is 4.98 Å². The van der Waals surface area contributed by atoms with Gasteiger partial charge in [0.1, 0.15) is 16.8 Å². The number of nitriles is 1. The summed E-state index contributed by atoms with van der Waals surface area (Å²) in [6.45, 7) is 3.82. The Kier molecular flexibility index (Phi) is 6.03. The number of benzene rings is 2. The first-order valence-electron chi connectivity index (χ1n) is 10.2. The summed E-state index contributed by atoms with van der Waals surface area (Å²) < 4.78 is 5.71. The van der Waals surface area contributed by atoms with E-state index < -0.39 is 5.97 Å². The molecule has 1 aromatic heterocycles. The van der Waals surface area contributed by atoms with Crippen LogP contribution in [-0.4, -0.2) is 28.7 Å². The number of hydrogen-bond acceptors (Lipinski definition) is 6. The van der Waals surface area contributed by atoms with Gasteiger partial charge in [-0.3, -0.25) is 4.79 Å². The van der Waals surface area contributed by atoms with E-state index in [1.807, 2.05) is 44.3 Å². The molecule has 1 atom stereocenters. The van der Waals surface area contributed by atoms with Crippen molar-refractivity contribution in [3.63, 3.8) is 0 Å². The van der Waals surface area contributed by atoms with Crippen LogP contribution in [0, 0.1) is 11.3 Å². The SMILES string of the molecule is CC(C)Oc1ccc(-c2ncc(-c3cccc4c3CC[C@@H]4NCC(=O)O)s2)cc1C#N. The molecule has 1 aliphatic carbocycles. The van der Waals surface area contributed by atoms with Gasteiger partial charge in [0.2, 0.25) is 0 Å². The summed E-state index contributed by atoms with van der Waals surface area (Å²) >= 11 is 1.59. The van der Waals surface area contributed by atoms with Crippen molar-refractivity contribution in [1.82, 2.24) is 10.3 Å². The standard InChI is InChI=1S/C24H23N3O3S/c1-14(2)30-21-9-6-15(10-16(21)11-25)24-27-12-22(31-24)19-5-3-4-18-17(19)7-8-20(18)26-13-23(28)29/h3-6,9-10,12,14,20,26H,7-8,13H2,1-2H3,(H,28,29)/t20-/m0/s1. The van der Waals surface area contributed by atoms with Gasteiger partial charge in [-0.1, -0.05) is 18.2 Å². The van der Waals surface area contributed by atoms with E-state index in [-0.39, 0.29) is 18.7 Å². The molecular formula is C24H23N3O3S. The van der Waals surface area contributed by atoms with Crippen molar-refractivity contribution in [2.45, 2.75) is 38.8 Å². The highest BCUT2D eigenvalue weighted by Gasteiger charge is 2.25. The molecule has 0 radical (unpaired) electrons. The lowest BCUT2D eigenvalue weighted by molar-refractivity contribution is -0.136. The number of aliphatic carboxylic acids is 1. The normalized spacial score (nSPS) is 15.0. The fourth-order valence-corrected chi connectivity index (χ4v) is 4.91. The van der Waals surface area contributed by atoms with Crippen molar-refractivity contribution in [2.24, 2.45) is 0 Å². The third-order valence-electron chi connectivity index (χ3n) is 5.25. The minimum atomic E-state index is -0.849. The van der Waals surface area contributed by atoms with Gasteiger partial charge in [-0.2, -0.15) is 5.26 Å². The second kappa shape index (κ2) is 8.88. The van der Waals surface area contributed by atoms with Crippen molar-refractivity contribution < 1.29 is 14.6 Å². The van der Waals surface area contributed by atoms with Crippen molar-refractivity contribution in [3.05, 3.63) is 59.3 Å². The predicted molar refractivity (Wildman–Crippen MR) is 120 cm³/mol. The predicted octanol–water partition coefficient (Wildman–Crippen LogP) is 4.80. The second-order valence-corrected chi connectivity index (χ2v) is 8.79. The van der Waals surface area contributed by atoms with Crippen LogP contribution in [0.25, 0.3) is 21.0 Å². The lowest BCUT2D eigenvalue weighted by Crippen LogP contribution is -2.25. The molecule has 31 heavy (non-hydrogen) atoms. The summed E-state index contributed by atoms with van der Waals surface area (Å²) in [5, 5.41) is 22.4. The maximum atomic E-state index is 10.9. The Morgan fingerprint density at radius 2 is 2.23 bits per heavy atom. The summed E-state index contributed by atoms with van der Waals surface area (Å²) in [6, 6.07) is 14.0. The lowest BCUT2D eigenvalue weighted by Gasteiger charge is -2.13. The Hall–Kier alpha value is -3.21. The highest BCUT2D eigenvalue weighted by Crippen LogP contribution is 2.41. The molecule has 0 amide bonds. The third kappa shape index (κ3) is 4.46. The Morgan fingerprint density at radius 1 is 1.39 bits per heavy atom. The molecule has 0 unspecified atom stereocenters. The van der Waals surface area contributed by atoms with E-state index in [4.69, 9.17) is 9.84 Å². The van der Waals surface area contributed by atoms with Crippen LogP contribution in [0.15, 0.2) is 42.6 Å². The zero-order chi connectivity index (χ0) is 22.0. The average Bonchev–Trinajstić information content (AvgIpc) is 3.39. The number of ether oxygens (including phenoxy) is 1. The first-order chi connectivity index (χ1) is 15.0. The zero-order valence-electron chi connectivity index (χ0n) is 17.4. The van der Waals surface area contributed by atoms with Crippen molar-refractivity contribution in [3.8, 4) is 32.8 Å². The molecule has 2 N–H and O–H groups in total. The quantitative estimate of drug-likeness (QED) is 0.556. The van der Waals surface area contributed by atoms with Gasteiger partial charge in [0.25, 0.3) is 0 Å². The molecule has 7 heteroatoms. The minimum absolute atomic E-state index is 0.00148. The highest BCUT2D eigenvalue weighted by molar-refractivity contribution is 7.18. The molecule has 0 saturated carbocycles. The Morgan fingerprint density at radius 3 is 2.97 bits per heavy atom. The van der Waals surface area contributed by atoms with Crippen LogP contribution in [0.1, 0.15) is 43.0 Å². The molecular weight excluding hydrogens is 410 g/mol. The van der Waals surface area contributed by atoms with Gasteiger partial charge in [0.05, 0.1) is 23.1 Å². The van der Waals surface area contributed by atoms with Crippen LogP contribution in [0.2, 0.25) is 0 Å². The number of fused-ring (bicyclic) bond motifs is 1. The van der Waals surface area contributed by atoms with E-state index in [9.17, 15) is 10.1 Å². The molecule has 6 nitrogen and oxygen atoms in total. The molecule has 0 fully saturated rings. The first-order valence-corrected chi connectivity index (χ1v) is 11.0. The van der Waals surface area contributed by atoms with Gasteiger partial charge < -0.3 is 15.2 Å². The Labute approximate surface area is 185 Å². The number of thiazole rings is 1. The second-order valence-electron chi connectivity index (χ2n) is 7.76. The van der Waals surface area contributed by atoms with E-state index in [1.165, 1.54) is 5.56 Å². The van der Waals surface area contributed by atoms with Crippen LogP contribution in [-0.2, 0) is 11.2 Å². The molecule has 0 saturated heterocycles. The molecule has 0 spiro atoms. The molecule has 4 rings (SSSR count). The van der Waals surface area contributed by atoms with Crippen LogP contribution in [0.3, 0.4) is 0 Å². The number of rotatable bonds is 7. The number of carbonyl (C=O) groups is 1. The topological polar surface area (TPSA) is 95.2 Å². The molecule has 0 aliphatic heterocycles. The average molecular weight is 434 g/mol. The Bertz CT molecular complexity index is 1160. The molecule has 158 valence electrons. The number of carboxylic acid groups (broad SMARTS) is 1. The van der Waals surface area contributed by atoms with E-state index >= 15 is 0 Å². The molecule has 0 bridgehead atoms. The van der Waals surface area contributed by atoms with Crippen molar-refractivity contribution >= 4 is 17.3 Å². The van der Waals surface area contributed by atoms with Gasteiger partial charge >= 0.3 is 5.97 Å². The summed E-state index contributed by atoms with van der Waals surface area (Å²) in [4.78, 5) is 16.6. The molecule has 3 aromatic rings. The maximum Gasteiger partial charge on any atom is 0.317 e. The minimum Gasteiger partial charge on any atom is -0.490 e.